The first-order valence-electron chi connectivity index (χ1n) is 13.6. The molecule has 1 saturated heterocycles. The van der Waals surface area contributed by atoms with E-state index in [2.05, 4.69) is 32.3 Å². The highest BCUT2D eigenvalue weighted by Gasteiger charge is 2.46. The Morgan fingerprint density at radius 3 is 2.38 bits per heavy atom. The van der Waals surface area contributed by atoms with E-state index in [1.807, 2.05) is 0 Å². The number of hydrogen-bond acceptors (Lipinski definition) is 7. The van der Waals surface area contributed by atoms with E-state index < -0.39 is 17.7 Å². The minimum atomic E-state index is -0.789. The number of hydrogen-bond donors (Lipinski definition) is 1. The van der Waals surface area contributed by atoms with Crippen LogP contribution in [-0.2, 0) is 9.59 Å². The van der Waals surface area contributed by atoms with Crippen LogP contribution < -0.4 is 14.2 Å². The van der Waals surface area contributed by atoms with E-state index in [1.54, 1.807) is 48.5 Å². The van der Waals surface area contributed by atoms with Crippen molar-refractivity contribution >= 4 is 17.4 Å². The van der Waals surface area contributed by atoms with Crippen molar-refractivity contribution in [2.75, 3.05) is 46.5 Å². The highest BCUT2D eigenvalue weighted by molar-refractivity contribution is 6.46. The molecule has 1 unspecified atom stereocenters. The zero-order chi connectivity index (χ0) is 28.4. The molecule has 3 rings (SSSR count). The molecule has 2 aromatic carbocycles. The van der Waals surface area contributed by atoms with Gasteiger partial charge in [0.1, 0.15) is 18.1 Å². The maximum absolute atomic E-state index is 13.4. The molecule has 0 aromatic heterocycles. The first-order valence-corrected chi connectivity index (χ1v) is 13.6. The van der Waals surface area contributed by atoms with Gasteiger partial charge in [0.25, 0.3) is 11.7 Å². The van der Waals surface area contributed by atoms with Gasteiger partial charge in [-0.05, 0) is 61.5 Å². The highest BCUT2D eigenvalue weighted by atomic mass is 16.5. The average Bonchev–Trinajstić information content (AvgIpc) is 3.21. The van der Waals surface area contributed by atoms with E-state index >= 15 is 0 Å². The van der Waals surface area contributed by atoms with Crippen molar-refractivity contribution in [2.45, 2.75) is 39.7 Å². The van der Waals surface area contributed by atoms with Crippen LogP contribution >= 0.6 is 0 Å². The molecular weight excluding hydrogens is 496 g/mol. The summed E-state index contributed by atoms with van der Waals surface area (Å²) >= 11 is 0. The summed E-state index contributed by atoms with van der Waals surface area (Å²) in [6.45, 7) is 13.3. The second-order valence-electron chi connectivity index (χ2n) is 9.26. The van der Waals surface area contributed by atoms with E-state index in [1.165, 1.54) is 12.0 Å². The lowest BCUT2D eigenvalue weighted by Crippen LogP contribution is -2.38. The Kier molecular flexibility index (Phi) is 11.0. The Morgan fingerprint density at radius 1 is 1.05 bits per heavy atom. The number of Topliss-reactive ketones (excluding diaryl/α,β-unsaturated/α-hetero) is 1. The van der Waals surface area contributed by atoms with Crippen LogP contribution in [0.3, 0.4) is 0 Å². The number of nitrogens with zero attached hydrogens (tertiary/aromatic N) is 2. The summed E-state index contributed by atoms with van der Waals surface area (Å²) in [5.41, 5.74) is 1.11. The summed E-state index contributed by atoms with van der Waals surface area (Å²) in [7, 11) is 1.53. The molecule has 0 radical (unpaired) electrons. The zero-order valence-corrected chi connectivity index (χ0v) is 23.4. The molecule has 0 aliphatic carbocycles. The second-order valence-corrected chi connectivity index (χ2v) is 9.26. The van der Waals surface area contributed by atoms with Gasteiger partial charge >= 0.3 is 0 Å². The maximum Gasteiger partial charge on any atom is 0.295 e. The molecule has 2 aromatic rings. The topological polar surface area (TPSA) is 88.5 Å². The molecule has 1 fully saturated rings. The Morgan fingerprint density at radius 2 is 1.77 bits per heavy atom. The first-order chi connectivity index (χ1) is 18.9. The highest BCUT2D eigenvalue weighted by Crippen LogP contribution is 2.42. The molecule has 8 nitrogen and oxygen atoms in total. The number of aliphatic hydroxyl groups excluding tert-OH is 1. The van der Waals surface area contributed by atoms with E-state index in [-0.39, 0.29) is 11.3 Å². The number of amides is 1. The van der Waals surface area contributed by atoms with Gasteiger partial charge in [-0.3, -0.25) is 9.59 Å². The van der Waals surface area contributed by atoms with Crippen LogP contribution in [0, 0.1) is 0 Å². The number of carbonyl (C=O) groups excluding carboxylic acids is 2. The summed E-state index contributed by atoms with van der Waals surface area (Å²) < 4.78 is 17.0. The number of rotatable bonds is 15. The van der Waals surface area contributed by atoms with Crippen molar-refractivity contribution in [3.63, 3.8) is 0 Å². The van der Waals surface area contributed by atoms with E-state index in [0.717, 1.165) is 25.9 Å². The Bertz CT molecular complexity index is 1170. The molecule has 0 saturated carbocycles. The van der Waals surface area contributed by atoms with Crippen molar-refractivity contribution in [3.8, 4) is 17.2 Å². The van der Waals surface area contributed by atoms with Crippen LogP contribution in [0.2, 0.25) is 0 Å². The van der Waals surface area contributed by atoms with Gasteiger partial charge in [0, 0.05) is 18.7 Å². The Balaban J connectivity index is 2.06. The van der Waals surface area contributed by atoms with Crippen LogP contribution in [0.25, 0.3) is 5.76 Å². The fraction of sp³-hybridized carbons (Fsp3) is 0.419. The second kappa shape index (κ2) is 14.4. The van der Waals surface area contributed by atoms with Gasteiger partial charge < -0.3 is 29.1 Å². The SMILES string of the molecule is C=CCOc1ccc(C2/C(=C(\O)c3ccc(OCCCC)cc3)C(=O)C(=O)N2CCN(CC)CC)cc1OC. The summed E-state index contributed by atoms with van der Waals surface area (Å²) in [6, 6.07) is 11.4. The van der Waals surface area contributed by atoms with Crippen molar-refractivity contribution < 1.29 is 28.9 Å². The van der Waals surface area contributed by atoms with Crippen LogP contribution in [0.15, 0.2) is 60.7 Å². The van der Waals surface area contributed by atoms with Gasteiger partial charge in [0.15, 0.2) is 11.5 Å². The Hall–Kier alpha value is -3.78. The van der Waals surface area contributed by atoms with E-state index in [4.69, 9.17) is 14.2 Å². The zero-order valence-electron chi connectivity index (χ0n) is 23.4. The fourth-order valence-corrected chi connectivity index (χ4v) is 4.57. The summed E-state index contributed by atoms with van der Waals surface area (Å²) in [5.74, 6) is 0.0634. The third-order valence-corrected chi connectivity index (χ3v) is 6.85. The van der Waals surface area contributed by atoms with Gasteiger partial charge in [-0.2, -0.15) is 0 Å². The first kappa shape index (κ1) is 29.8. The fourth-order valence-electron chi connectivity index (χ4n) is 4.57. The number of benzene rings is 2. The quantitative estimate of drug-likeness (QED) is 0.110. The van der Waals surface area contributed by atoms with E-state index in [9.17, 15) is 14.7 Å². The number of ketones is 1. The molecular formula is C31H40N2O6. The predicted molar refractivity (Wildman–Crippen MR) is 152 cm³/mol. The third-order valence-electron chi connectivity index (χ3n) is 6.85. The summed E-state index contributed by atoms with van der Waals surface area (Å²) in [5, 5.41) is 11.4. The normalized spacial score (nSPS) is 16.5. The van der Waals surface area contributed by atoms with Crippen molar-refractivity contribution in [1.82, 2.24) is 9.80 Å². The molecule has 210 valence electrons. The minimum Gasteiger partial charge on any atom is -0.507 e. The van der Waals surface area contributed by atoms with Crippen molar-refractivity contribution in [1.29, 1.82) is 0 Å². The predicted octanol–water partition coefficient (Wildman–Crippen LogP) is 5.20. The van der Waals surface area contributed by atoms with E-state index in [0.29, 0.717) is 54.7 Å². The summed E-state index contributed by atoms with van der Waals surface area (Å²) in [6.07, 6.45) is 3.61. The smallest absolute Gasteiger partial charge is 0.295 e. The third kappa shape index (κ3) is 7.00. The molecule has 1 aliphatic rings. The van der Waals surface area contributed by atoms with Gasteiger partial charge in [-0.25, -0.2) is 0 Å². The lowest BCUT2D eigenvalue weighted by Gasteiger charge is -2.28. The van der Waals surface area contributed by atoms with Gasteiger partial charge in [0.05, 0.1) is 25.3 Å². The lowest BCUT2D eigenvalue weighted by atomic mass is 9.95. The number of likely N-dealkylation sites (tertiary alicyclic amines) is 1. The molecule has 1 amide bonds. The molecule has 1 N–H and O–H groups in total. The van der Waals surface area contributed by atoms with Gasteiger partial charge in [0.2, 0.25) is 0 Å². The number of unbranched alkanes of at least 4 members (excludes halogenated alkanes) is 1. The largest absolute Gasteiger partial charge is 0.507 e. The van der Waals surface area contributed by atoms with Gasteiger partial charge in [-0.15, -0.1) is 0 Å². The van der Waals surface area contributed by atoms with Crippen LogP contribution in [0.1, 0.15) is 50.8 Å². The molecule has 39 heavy (non-hydrogen) atoms. The standard InChI is InChI=1S/C31H40N2O6/c1-6-10-20-38-24-14-11-22(12-15-24)29(34)27-28(23-13-16-25(39-19-7-2)26(21-23)37-5)33(31(36)30(27)35)18-17-32(8-3)9-4/h7,11-16,21,28,34H,2,6,8-10,17-20H2,1,3-5H3/b29-27+. The monoisotopic (exact) mass is 536 g/mol. The van der Waals surface area contributed by atoms with Crippen molar-refractivity contribution in [3.05, 3.63) is 71.8 Å². The average molecular weight is 537 g/mol. The number of ether oxygens (including phenoxy) is 3. The molecule has 1 heterocycles. The number of methoxy groups -OCH3 is 1. The van der Waals surface area contributed by atoms with Gasteiger partial charge in [-0.1, -0.05) is 45.9 Å². The number of aliphatic hydroxyl groups is 1. The van der Waals surface area contributed by atoms with Crippen LogP contribution in [-0.4, -0.2) is 73.1 Å². The number of likely N-dealkylation sites (N-methyl/N-ethyl adjacent to an activating group) is 1. The molecule has 0 spiro atoms. The number of carbonyl (C=O) groups is 2. The van der Waals surface area contributed by atoms with Crippen LogP contribution in [0.5, 0.6) is 17.2 Å². The molecule has 0 bridgehead atoms. The lowest BCUT2D eigenvalue weighted by molar-refractivity contribution is -0.140. The van der Waals surface area contributed by atoms with Crippen molar-refractivity contribution in [2.24, 2.45) is 0 Å². The maximum atomic E-state index is 13.4. The molecule has 1 aliphatic heterocycles. The van der Waals surface area contributed by atoms with Crippen LogP contribution in [0.4, 0.5) is 0 Å². The summed E-state index contributed by atoms with van der Waals surface area (Å²) in [4.78, 5) is 30.4. The minimum absolute atomic E-state index is 0.0426. The molecule has 8 heteroatoms. The molecule has 1 atom stereocenters. The Labute approximate surface area is 231 Å².